The van der Waals surface area contributed by atoms with Crippen molar-refractivity contribution in [3.63, 3.8) is 0 Å². The summed E-state index contributed by atoms with van der Waals surface area (Å²) in [6.07, 6.45) is 0. The lowest BCUT2D eigenvalue weighted by molar-refractivity contribution is 0.416. The Bertz CT molecular complexity index is 616. The number of nitrogens with two attached hydrogens (primary N) is 1. The molecule has 2 aromatic rings. The summed E-state index contributed by atoms with van der Waals surface area (Å²) in [6, 6.07) is 7.41. The molecule has 0 aliphatic heterocycles. The Balaban J connectivity index is 2.37. The lowest BCUT2D eigenvalue weighted by Gasteiger charge is -2.13. The van der Waals surface area contributed by atoms with E-state index in [-0.39, 0.29) is 5.92 Å². The van der Waals surface area contributed by atoms with Crippen LogP contribution in [0.2, 0.25) is 0 Å². The summed E-state index contributed by atoms with van der Waals surface area (Å²) in [5.41, 5.74) is 6.63. The second-order valence-corrected chi connectivity index (χ2v) is 5.58. The van der Waals surface area contributed by atoms with Gasteiger partial charge in [-0.1, -0.05) is 29.8 Å². The van der Waals surface area contributed by atoms with Crippen LogP contribution in [-0.2, 0) is 0 Å². The fourth-order valence-electron chi connectivity index (χ4n) is 1.72. The van der Waals surface area contributed by atoms with E-state index in [1.807, 2.05) is 32.0 Å². The van der Waals surface area contributed by atoms with Crippen molar-refractivity contribution in [3.8, 4) is 5.75 Å². The average Bonchev–Trinajstić information content (AvgIpc) is 2.38. The van der Waals surface area contributed by atoms with Crippen molar-refractivity contribution >= 4 is 33.3 Å². The summed E-state index contributed by atoms with van der Waals surface area (Å²) < 4.78 is 6.27. The van der Waals surface area contributed by atoms with E-state index in [4.69, 9.17) is 10.5 Å². The van der Waals surface area contributed by atoms with Gasteiger partial charge in [-0.05, 0) is 18.2 Å². The standard InChI is InChI=1S/C14H17BrN4O/c1-8(2)14-18-12(16)7-13(19-14)17-10-6-9(15)4-5-11(10)20-3/h4-8H,1-3H3,(H3,16,17,18,19). The first-order chi connectivity index (χ1) is 9.49. The first-order valence-electron chi connectivity index (χ1n) is 6.24. The van der Waals surface area contributed by atoms with E-state index in [0.717, 1.165) is 15.9 Å². The van der Waals surface area contributed by atoms with Crippen molar-refractivity contribution in [1.29, 1.82) is 0 Å². The Morgan fingerprint density at radius 3 is 2.65 bits per heavy atom. The molecule has 0 saturated heterocycles. The van der Waals surface area contributed by atoms with Gasteiger partial charge in [0.2, 0.25) is 0 Å². The zero-order valence-corrected chi connectivity index (χ0v) is 13.2. The summed E-state index contributed by atoms with van der Waals surface area (Å²) in [6.45, 7) is 4.05. The van der Waals surface area contributed by atoms with Gasteiger partial charge in [-0.25, -0.2) is 9.97 Å². The smallest absolute Gasteiger partial charge is 0.142 e. The molecule has 2 rings (SSSR count). The van der Waals surface area contributed by atoms with E-state index in [1.54, 1.807) is 13.2 Å². The number of ether oxygens (including phenoxy) is 1. The molecular weight excluding hydrogens is 320 g/mol. The van der Waals surface area contributed by atoms with Crippen molar-refractivity contribution in [2.24, 2.45) is 0 Å². The van der Waals surface area contributed by atoms with Gasteiger partial charge in [0.25, 0.3) is 0 Å². The second-order valence-electron chi connectivity index (χ2n) is 4.66. The topological polar surface area (TPSA) is 73.1 Å². The third-order valence-corrected chi connectivity index (χ3v) is 3.20. The van der Waals surface area contributed by atoms with Crippen LogP contribution in [0.15, 0.2) is 28.7 Å². The molecule has 3 N–H and O–H groups in total. The number of anilines is 3. The van der Waals surface area contributed by atoms with E-state index in [0.29, 0.717) is 17.5 Å². The molecule has 1 heterocycles. The number of nitrogen functional groups attached to an aromatic ring is 1. The summed E-state index contributed by atoms with van der Waals surface area (Å²) in [5.74, 6) is 2.75. The molecule has 0 bridgehead atoms. The average molecular weight is 337 g/mol. The molecule has 5 nitrogen and oxygen atoms in total. The van der Waals surface area contributed by atoms with E-state index >= 15 is 0 Å². The van der Waals surface area contributed by atoms with Crippen molar-refractivity contribution in [2.45, 2.75) is 19.8 Å². The Hall–Kier alpha value is -1.82. The van der Waals surface area contributed by atoms with E-state index in [9.17, 15) is 0 Å². The summed E-state index contributed by atoms with van der Waals surface area (Å²) >= 11 is 3.44. The number of nitrogens with zero attached hydrogens (tertiary/aromatic N) is 2. The predicted octanol–water partition coefficient (Wildman–Crippen LogP) is 3.70. The van der Waals surface area contributed by atoms with Crippen molar-refractivity contribution in [1.82, 2.24) is 9.97 Å². The Labute approximate surface area is 126 Å². The van der Waals surface area contributed by atoms with Crippen LogP contribution in [-0.4, -0.2) is 17.1 Å². The molecule has 0 spiro atoms. The zero-order valence-electron chi connectivity index (χ0n) is 11.6. The van der Waals surface area contributed by atoms with Gasteiger partial charge in [0.1, 0.15) is 23.2 Å². The van der Waals surface area contributed by atoms with Gasteiger partial charge in [0.05, 0.1) is 12.8 Å². The SMILES string of the molecule is COc1ccc(Br)cc1Nc1cc(N)nc(C(C)C)n1. The van der Waals surface area contributed by atoms with Crippen LogP contribution in [0.3, 0.4) is 0 Å². The molecule has 20 heavy (non-hydrogen) atoms. The summed E-state index contributed by atoms with van der Waals surface area (Å²) in [4.78, 5) is 8.68. The third kappa shape index (κ3) is 3.39. The minimum Gasteiger partial charge on any atom is -0.495 e. The van der Waals surface area contributed by atoms with Crippen molar-refractivity contribution in [2.75, 3.05) is 18.2 Å². The molecule has 0 saturated carbocycles. The van der Waals surface area contributed by atoms with Crippen molar-refractivity contribution in [3.05, 3.63) is 34.6 Å². The lowest BCUT2D eigenvalue weighted by Crippen LogP contribution is -2.05. The van der Waals surface area contributed by atoms with Crippen LogP contribution in [0.4, 0.5) is 17.3 Å². The normalized spacial score (nSPS) is 10.7. The van der Waals surface area contributed by atoms with Crippen LogP contribution >= 0.6 is 15.9 Å². The molecule has 106 valence electrons. The fourth-order valence-corrected chi connectivity index (χ4v) is 2.08. The van der Waals surface area contributed by atoms with Crippen LogP contribution in [0.1, 0.15) is 25.6 Å². The van der Waals surface area contributed by atoms with E-state index in [2.05, 4.69) is 31.2 Å². The molecule has 0 fully saturated rings. The van der Waals surface area contributed by atoms with Gasteiger partial charge in [0.15, 0.2) is 0 Å². The van der Waals surface area contributed by atoms with E-state index < -0.39 is 0 Å². The number of hydrogen-bond acceptors (Lipinski definition) is 5. The van der Waals surface area contributed by atoms with Crippen LogP contribution in [0.5, 0.6) is 5.75 Å². The molecule has 1 aromatic carbocycles. The Kier molecular flexibility index (Phi) is 4.44. The molecule has 0 aliphatic carbocycles. The van der Waals surface area contributed by atoms with Gasteiger partial charge in [-0.15, -0.1) is 0 Å². The largest absolute Gasteiger partial charge is 0.495 e. The molecule has 0 unspecified atom stereocenters. The maximum atomic E-state index is 5.82. The first-order valence-corrected chi connectivity index (χ1v) is 7.04. The minimum absolute atomic E-state index is 0.212. The highest BCUT2D eigenvalue weighted by atomic mass is 79.9. The lowest BCUT2D eigenvalue weighted by atomic mass is 10.2. The molecule has 0 radical (unpaired) electrons. The number of methoxy groups -OCH3 is 1. The van der Waals surface area contributed by atoms with Gasteiger partial charge in [-0.2, -0.15) is 0 Å². The van der Waals surface area contributed by atoms with Crippen LogP contribution in [0.25, 0.3) is 0 Å². The highest BCUT2D eigenvalue weighted by molar-refractivity contribution is 9.10. The molecule has 6 heteroatoms. The monoisotopic (exact) mass is 336 g/mol. The van der Waals surface area contributed by atoms with Crippen LogP contribution < -0.4 is 15.8 Å². The van der Waals surface area contributed by atoms with E-state index in [1.165, 1.54) is 0 Å². The highest BCUT2D eigenvalue weighted by Crippen LogP contribution is 2.30. The van der Waals surface area contributed by atoms with Crippen LogP contribution in [0, 0.1) is 0 Å². The molecular formula is C14H17BrN4O. The Morgan fingerprint density at radius 2 is 2.00 bits per heavy atom. The molecule has 0 aliphatic rings. The second kappa shape index (κ2) is 6.09. The number of benzene rings is 1. The summed E-state index contributed by atoms with van der Waals surface area (Å²) in [7, 11) is 1.63. The predicted molar refractivity (Wildman–Crippen MR) is 84.5 cm³/mol. The zero-order chi connectivity index (χ0) is 14.7. The fraction of sp³-hybridized carbons (Fsp3) is 0.286. The first kappa shape index (κ1) is 14.6. The molecule has 1 aromatic heterocycles. The summed E-state index contributed by atoms with van der Waals surface area (Å²) in [5, 5.41) is 3.21. The number of aromatic nitrogens is 2. The number of halogens is 1. The number of hydrogen-bond donors (Lipinski definition) is 2. The maximum Gasteiger partial charge on any atom is 0.142 e. The van der Waals surface area contributed by atoms with Gasteiger partial charge >= 0.3 is 0 Å². The van der Waals surface area contributed by atoms with Gasteiger partial charge < -0.3 is 15.8 Å². The van der Waals surface area contributed by atoms with Crippen molar-refractivity contribution < 1.29 is 4.74 Å². The number of nitrogens with one attached hydrogen (secondary N) is 1. The quantitative estimate of drug-likeness (QED) is 0.890. The highest BCUT2D eigenvalue weighted by Gasteiger charge is 2.09. The molecule has 0 amide bonds. The maximum absolute atomic E-state index is 5.82. The minimum atomic E-state index is 0.212. The van der Waals surface area contributed by atoms with Gasteiger partial charge in [0, 0.05) is 16.5 Å². The third-order valence-electron chi connectivity index (χ3n) is 2.70. The molecule has 0 atom stereocenters. The Morgan fingerprint density at radius 1 is 1.25 bits per heavy atom. The van der Waals surface area contributed by atoms with Gasteiger partial charge in [-0.3, -0.25) is 0 Å². The number of rotatable bonds is 4.